The van der Waals surface area contributed by atoms with Crippen molar-refractivity contribution < 1.29 is 0 Å². The third-order valence-corrected chi connectivity index (χ3v) is 3.36. The molecule has 2 N–H and O–H groups in total. The lowest BCUT2D eigenvalue weighted by Gasteiger charge is -2.09. The van der Waals surface area contributed by atoms with Crippen molar-refractivity contribution in [3.05, 3.63) is 46.7 Å². The summed E-state index contributed by atoms with van der Waals surface area (Å²) in [5.74, 6) is 0. The quantitative estimate of drug-likeness (QED) is 0.716. The van der Waals surface area contributed by atoms with Gasteiger partial charge in [-0.3, -0.25) is 4.40 Å². The van der Waals surface area contributed by atoms with Crippen molar-refractivity contribution in [1.82, 2.24) is 9.38 Å². The minimum Gasteiger partial charge on any atom is -0.325 e. The van der Waals surface area contributed by atoms with Crippen LogP contribution in [0.15, 0.2) is 30.5 Å². The third kappa shape index (κ3) is 1.43. The lowest BCUT2D eigenvalue weighted by Crippen LogP contribution is -2.02. The van der Waals surface area contributed by atoms with E-state index in [0.717, 1.165) is 27.3 Å². The summed E-state index contributed by atoms with van der Waals surface area (Å²) in [4.78, 5) is 4.37. The summed E-state index contributed by atoms with van der Waals surface area (Å²) >= 11 is 6.30. The number of halogens is 1. The van der Waals surface area contributed by atoms with Gasteiger partial charge in [0.1, 0.15) is 5.65 Å². The number of hydrogen-bond acceptors (Lipinski definition) is 2. The molecule has 3 aromatic rings. The number of benzene rings is 1. The number of hydrogen-bond donors (Lipinski definition) is 1. The van der Waals surface area contributed by atoms with E-state index in [-0.39, 0.29) is 0 Å². The molecule has 0 radical (unpaired) electrons. The van der Waals surface area contributed by atoms with Crippen LogP contribution >= 0.6 is 11.6 Å². The molecule has 0 aliphatic carbocycles. The molecular formula is C13H12ClN3. The number of fused-ring (bicyclic) bond motifs is 3. The highest BCUT2D eigenvalue weighted by atomic mass is 35.5. The number of aryl methyl sites for hydroxylation is 1. The number of imidazole rings is 1. The largest absolute Gasteiger partial charge is 0.325 e. The average molecular weight is 246 g/mol. The molecule has 86 valence electrons. The zero-order valence-electron chi connectivity index (χ0n) is 9.44. The Hall–Kier alpha value is -1.58. The second-order valence-corrected chi connectivity index (χ2v) is 4.52. The molecule has 2 aromatic heterocycles. The van der Waals surface area contributed by atoms with E-state index in [1.165, 1.54) is 5.56 Å². The maximum absolute atomic E-state index is 6.30. The van der Waals surface area contributed by atoms with Gasteiger partial charge in [-0.05, 0) is 24.6 Å². The molecule has 0 unspecified atom stereocenters. The summed E-state index contributed by atoms with van der Waals surface area (Å²) in [5, 5.41) is 1.86. The van der Waals surface area contributed by atoms with Crippen LogP contribution in [0.5, 0.6) is 0 Å². The van der Waals surface area contributed by atoms with E-state index in [4.69, 9.17) is 17.3 Å². The molecule has 3 rings (SSSR count). The van der Waals surface area contributed by atoms with Crippen LogP contribution in [0.3, 0.4) is 0 Å². The SMILES string of the molecule is Cc1cc2ncc(CN)n2c2c(Cl)cccc12. The fraction of sp³-hybridized carbons (Fsp3) is 0.154. The highest BCUT2D eigenvalue weighted by Gasteiger charge is 2.10. The van der Waals surface area contributed by atoms with Gasteiger partial charge in [0, 0.05) is 11.9 Å². The minimum absolute atomic E-state index is 0.449. The Bertz CT molecular complexity index is 715. The molecule has 0 aliphatic heterocycles. The number of aromatic nitrogens is 2. The predicted octanol–water partition coefficient (Wildman–Crippen LogP) is 2.91. The van der Waals surface area contributed by atoms with Gasteiger partial charge in [-0.1, -0.05) is 23.7 Å². The molecule has 0 saturated carbocycles. The molecule has 0 fully saturated rings. The lowest BCUT2D eigenvalue weighted by atomic mass is 10.1. The standard InChI is InChI=1S/C13H12ClN3/c1-8-5-12-16-7-9(6-15)17(12)13-10(8)3-2-4-11(13)14/h2-5,7H,6,15H2,1H3. The van der Waals surface area contributed by atoms with Gasteiger partial charge in [-0.15, -0.1) is 0 Å². The second kappa shape index (κ2) is 3.72. The van der Waals surface area contributed by atoms with Gasteiger partial charge in [-0.25, -0.2) is 4.98 Å². The number of nitrogens with zero attached hydrogens (tertiary/aromatic N) is 2. The van der Waals surface area contributed by atoms with E-state index in [2.05, 4.69) is 24.0 Å². The molecule has 0 aliphatic rings. The molecule has 0 spiro atoms. The fourth-order valence-corrected chi connectivity index (χ4v) is 2.50. The van der Waals surface area contributed by atoms with E-state index in [0.29, 0.717) is 6.54 Å². The van der Waals surface area contributed by atoms with Crippen LogP contribution in [0.2, 0.25) is 5.02 Å². The monoisotopic (exact) mass is 245 g/mol. The van der Waals surface area contributed by atoms with Crippen LogP contribution in [0.25, 0.3) is 16.6 Å². The summed E-state index contributed by atoms with van der Waals surface area (Å²) in [6.45, 7) is 2.51. The van der Waals surface area contributed by atoms with Crippen molar-refractivity contribution in [2.45, 2.75) is 13.5 Å². The summed E-state index contributed by atoms with van der Waals surface area (Å²) in [6.07, 6.45) is 1.80. The van der Waals surface area contributed by atoms with Crippen molar-refractivity contribution in [2.75, 3.05) is 0 Å². The molecule has 4 heteroatoms. The Morgan fingerprint density at radius 3 is 3.00 bits per heavy atom. The summed E-state index contributed by atoms with van der Waals surface area (Å²) in [7, 11) is 0. The number of para-hydroxylation sites is 1. The molecule has 0 amide bonds. The van der Waals surface area contributed by atoms with Crippen molar-refractivity contribution in [3.8, 4) is 0 Å². The van der Waals surface area contributed by atoms with Gasteiger partial charge in [0.25, 0.3) is 0 Å². The topological polar surface area (TPSA) is 43.3 Å². The molecule has 0 bridgehead atoms. The first-order valence-corrected chi connectivity index (χ1v) is 5.84. The van der Waals surface area contributed by atoms with Crippen molar-refractivity contribution in [2.24, 2.45) is 5.73 Å². The number of nitrogens with two attached hydrogens (primary N) is 1. The maximum Gasteiger partial charge on any atom is 0.137 e. The Morgan fingerprint density at radius 2 is 2.24 bits per heavy atom. The van der Waals surface area contributed by atoms with Gasteiger partial charge < -0.3 is 5.73 Å². The fourth-order valence-electron chi connectivity index (χ4n) is 2.24. The Kier molecular flexibility index (Phi) is 2.31. The van der Waals surface area contributed by atoms with Crippen LogP contribution in [0.1, 0.15) is 11.3 Å². The summed E-state index contributed by atoms with van der Waals surface area (Å²) in [5.41, 5.74) is 9.76. The zero-order chi connectivity index (χ0) is 12.0. The van der Waals surface area contributed by atoms with E-state index >= 15 is 0 Å². The molecule has 0 saturated heterocycles. The average Bonchev–Trinajstić information content (AvgIpc) is 2.72. The van der Waals surface area contributed by atoms with E-state index in [1.807, 2.05) is 16.5 Å². The van der Waals surface area contributed by atoms with Crippen molar-refractivity contribution in [3.63, 3.8) is 0 Å². The number of rotatable bonds is 1. The zero-order valence-corrected chi connectivity index (χ0v) is 10.2. The maximum atomic E-state index is 6.30. The normalized spacial score (nSPS) is 11.5. The summed E-state index contributed by atoms with van der Waals surface area (Å²) in [6, 6.07) is 7.97. The first-order valence-electron chi connectivity index (χ1n) is 5.46. The van der Waals surface area contributed by atoms with Crippen LogP contribution in [0.4, 0.5) is 0 Å². The highest BCUT2D eigenvalue weighted by molar-refractivity contribution is 6.35. The summed E-state index contributed by atoms with van der Waals surface area (Å²) < 4.78 is 2.03. The first-order chi connectivity index (χ1) is 8.22. The minimum atomic E-state index is 0.449. The highest BCUT2D eigenvalue weighted by Crippen LogP contribution is 2.28. The number of pyridine rings is 1. The Morgan fingerprint density at radius 1 is 1.41 bits per heavy atom. The van der Waals surface area contributed by atoms with Crippen molar-refractivity contribution in [1.29, 1.82) is 0 Å². The molecule has 3 nitrogen and oxygen atoms in total. The Balaban J connectivity index is 2.63. The molecule has 1 aromatic carbocycles. The van der Waals surface area contributed by atoms with Gasteiger partial charge in [0.2, 0.25) is 0 Å². The Labute approximate surface area is 104 Å². The predicted molar refractivity (Wildman–Crippen MR) is 70.3 cm³/mol. The second-order valence-electron chi connectivity index (χ2n) is 4.11. The molecule has 0 atom stereocenters. The van der Waals surface area contributed by atoms with Gasteiger partial charge in [0.05, 0.1) is 22.4 Å². The van der Waals surface area contributed by atoms with E-state index in [1.54, 1.807) is 6.20 Å². The lowest BCUT2D eigenvalue weighted by molar-refractivity contribution is 0.979. The first kappa shape index (κ1) is 10.6. The van der Waals surface area contributed by atoms with Crippen LogP contribution in [-0.2, 0) is 6.54 Å². The third-order valence-electron chi connectivity index (χ3n) is 3.05. The van der Waals surface area contributed by atoms with Gasteiger partial charge in [-0.2, -0.15) is 0 Å². The molecule has 2 heterocycles. The van der Waals surface area contributed by atoms with Crippen LogP contribution in [-0.4, -0.2) is 9.38 Å². The van der Waals surface area contributed by atoms with Crippen LogP contribution in [0, 0.1) is 6.92 Å². The van der Waals surface area contributed by atoms with E-state index < -0.39 is 0 Å². The molecule has 17 heavy (non-hydrogen) atoms. The van der Waals surface area contributed by atoms with Gasteiger partial charge in [0.15, 0.2) is 0 Å². The van der Waals surface area contributed by atoms with Gasteiger partial charge >= 0.3 is 0 Å². The molecular weight excluding hydrogens is 234 g/mol. The smallest absolute Gasteiger partial charge is 0.137 e. The van der Waals surface area contributed by atoms with Crippen LogP contribution < -0.4 is 5.73 Å². The van der Waals surface area contributed by atoms with E-state index in [9.17, 15) is 0 Å². The van der Waals surface area contributed by atoms with Crippen molar-refractivity contribution >= 4 is 28.2 Å².